The topological polar surface area (TPSA) is 78.3 Å². The lowest BCUT2D eigenvalue weighted by molar-refractivity contribution is 0.154. The van der Waals surface area contributed by atoms with Crippen LogP contribution in [-0.4, -0.2) is 19.2 Å². The summed E-state index contributed by atoms with van der Waals surface area (Å²) >= 11 is 0. The zero-order valence-electron chi connectivity index (χ0n) is 8.13. The highest BCUT2D eigenvalue weighted by atomic mass is 16.5. The van der Waals surface area contributed by atoms with Crippen molar-refractivity contribution in [2.24, 2.45) is 11.5 Å². The van der Waals surface area contributed by atoms with Gasteiger partial charge in [0.2, 0.25) is 0 Å². The number of primary amides is 1. The Labute approximate surface area is 79.6 Å². The lowest BCUT2D eigenvalue weighted by atomic mass is 10.1. The Morgan fingerprint density at radius 2 is 1.54 bits per heavy atom. The third kappa shape index (κ3) is 11.2. The lowest BCUT2D eigenvalue weighted by Crippen LogP contribution is -2.13. The van der Waals surface area contributed by atoms with Crippen LogP contribution in [0, 0.1) is 0 Å². The summed E-state index contributed by atoms with van der Waals surface area (Å²) in [5.74, 6) is 0. The Bertz CT molecular complexity index is 129. The largest absolute Gasteiger partial charge is 0.450 e. The minimum atomic E-state index is -0.678. The molecule has 4 nitrogen and oxygen atoms in total. The maximum atomic E-state index is 10.2. The summed E-state index contributed by atoms with van der Waals surface area (Å²) in [6.45, 7) is 1.23. The fourth-order valence-corrected chi connectivity index (χ4v) is 1.13. The van der Waals surface area contributed by atoms with E-state index in [1.54, 1.807) is 0 Å². The zero-order chi connectivity index (χ0) is 9.94. The Morgan fingerprint density at radius 1 is 1.00 bits per heavy atom. The highest BCUT2D eigenvalue weighted by Crippen LogP contribution is 2.04. The van der Waals surface area contributed by atoms with E-state index < -0.39 is 6.09 Å². The van der Waals surface area contributed by atoms with Crippen molar-refractivity contribution in [3.05, 3.63) is 0 Å². The van der Waals surface area contributed by atoms with E-state index in [2.05, 4.69) is 4.74 Å². The molecule has 0 aliphatic carbocycles. The first-order valence-electron chi connectivity index (χ1n) is 4.89. The average molecular weight is 188 g/mol. The van der Waals surface area contributed by atoms with Crippen LogP contribution in [0.4, 0.5) is 4.79 Å². The van der Waals surface area contributed by atoms with Gasteiger partial charge in [0.25, 0.3) is 0 Å². The van der Waals surface area contributed by atoms with Crippen molar-refractivity contribution in [3.8, 4) is 0 Å². The number of rotatable bonds is 8. The van der Waals surface area contributed by atoms with Crippen LogP contribution in [0.5, 0.6) is 0 Å². The first kappa shape index (κ1) is 12.2. The van der Waals surface area contributed by atoms with Crippen LogP contribution in [-0.2, 0) is 4.74 Å². The van der Waals surface area contributed by atoms with Crippen molar-refractivity contribution in [1.29, 1.82) is 0 Å². The summed E-state index contributed by atoms with van der Waals surface area (Å²) in [6.07, 6.45) is 6.03. The average Bonchev–Trinajstić information content (AvgIpc) is 2.09. The fourth-order valence-electron chi connectivity index (χ4n) is 1.13. The molecule has 0 bridgehead atoms. The molecule has 0 spiro atoms. The number of hydrogen-bond acceptors (Lipinski definition) is 3. The number of carbonyl (C=O) groups excluding carboxylic acids is 1. The molecule has 4 N–H and O–H groups in total. The highest BCUT2D eigenvalue weighted by Gasteiger charge is 1.93. The Balaban J connectivity index is 2.87. The van der Waals surface area contributed by atoms with Gasteiger partial charge >= 0.3 is 6.09 Å². The molecule has 0 aliphatic rings. The van der Waals surface area contributed by atoms with E-state index in [-0.39, 0.29) is 0 Å². The molecular formula is C9H20N2O2. The third-order valence-corrected chi connectivity index (χ3v) is 1.84. The molecule has 78 valence electrons. The molecule has 0 unspecified atom stereocenters. The van der Waals surface area contributed by atoms with Crippen molar-refractivity contribution < 1.29 is 9.53 Å². The number of carbonyl (C=O) groups is 1. The molecule has 0 radical (unpaired) electrons. The van der Waals surface area contributed by atoms with Crippen LogP contribution in [0.2, 0.25) is 0 Å². The lowest BCUT2D eigenvalue weighted by Gasteiger charge is -2.01. The molecule has 4 heteroatoms. The molecule has 0 aliphatic heterocycles. The number of amides is 1. The van der Waals surface area contributed by atoms with Gasteiger partial charge in [0, 0.05) is 0 Å². The molecule has 0 saturated carbocycles. The minimum absolute atomic E-state index is 0.451. The smallest absolute Gasteiger partial charge is 0.404 e. The van der Waals surface area contributed by atoms with Crippen LogP contribution in [0.1, 0.15) is 38.5 Å². The molecule has 13 heavy (non-hydrogen) atoms. The predicted molar refractivity (Wildman–Crippen MR) is 52.3 cm³/mol. The summed E-state index contributed by atoms with van der Waals surface area (Å²) in [7, 11) is 0. The second-order valence-electron chi connectivity index (χ2n) is 3.08. The molecular weight excluding hydrogens is 168 g/mol. The summed E-state index contributed by atoms with van der Waals surface area (Å²) < 4.78 is 4.59. The van der Waals surface area contributed by atoms with Gasteiger partial charge in [-0.3, -0.25) is 0 Å². The molecule has 0 saturated heterocycles. The molecule has 0 heterocycles. The maximum Gasteiger partial charge on any atom is 0.404 e. The third-order valence-electron chi connectivity index (χ3n) is 1.84. The van der Waals surface area contributed by atoms with Crippen molar-refractivity contribution in [1.82, 2.24) is 0 Å². The van der Waals surface area contributed by atoms with Crippen molar-refractivity contribution in [2.45, 2.75) is 38.5 Å². The van der Waals surface area contributed by atoms with Crippen molar-refractivity contribution >= 4 is 6.09 Å². The van der Waals surface area contributed by atoms with E-state index in [0.717, 1.165) is 25.8 Å². The monoisotopic (exact) mass is 188 g/mol. The molecule has 0 aromatic rings. The summed E-state index contributed by atoms with van der Waals surface area (Å²) in [4.78, 5) is 10.2. The number of hydrogen-bond donors (Lipinski definition) is 2. The van der Waals surface area contributed by atoms with E-state index in [1.807, 2.05) is 0 Å². The van der Waals surface area contributed by atoms with Crippen molar-refractivity contribution in [2.75, 3.05) is 13.2 Å². The molecule has 0 fully saturated rings. The van der Waals surface area contributed by atoms with E-state index in [0.29, 0.717) is 6.61 Å². The highest BCUT2D eigenvalue weighted by molar-refractivity contribution is 5.64. The number of ether oxygens (including phenoxy) is 1. The minimum Gasteiger partial charge on any atom is -0.450 e. The van der Waals surface area contributed by atoms with Crippen LogP contribution < -0.4 is 11.5 Å². The predicted octanol–water partition coefficient (Wildman–Crippen LogP) is 1.38. The molecule has 0 rings (SSSR count). The van der Waals surface area contributed by atoms with Gasteiger partial charge in [0.15, 0.2) is 0 Å². The second kappa shape index (κ2) is 9.32. The van der Waals surface area contributed by atoms with Gasteiger partial charge in [-0.1, -0.05) is 25.7 Å². The SMILES string of the molecule is NCCCCCCCCOC(N)=O. The molecule has 0 aromatic carbocycles. The van der Waals surface area contributed by atoms with Crippen LogP contribution in [0.3, 0.4) is 0 Å². The van der Waals surface area contributed by atoms with E-state index in [1.165, 1.54) is 19.3 Å². The summed E-state index contributed by atoms with van der Waals surface area (Å²) in [6, 6.07) is 0. The Morgan fingerprint density at radius 3 is 2.08 bits per heavy atom. The van der Waals surface area contributed by atoms with E-state index in [4.69, 9.17) is 11.5 Å². The summed E-state index contributed by atoms with van der Waals surface area (Å²) in [5.41, 5.74) is 10.2. The quantitative estimate of drug-likeness (QED) is 0.565. The van der Waals surface area contributed by atoms with Crippen LogP contribution in [0.15, 0.2) is 0 Å². The normalized spacial score (nSPS) is 9.92. The van der Waals surface area contributed by atoms with Crippen molar-refractivity contribution in [3.63, 3.8) is 0 Å². The first-order valence-corrected chi connectivity index (χ1v) is 4.89. The summed E-state index contributed by atoms with van der Waals surface area (Å²) in [5, 5.41) is 0. The molecule has 0 atom stereocenters. The first-order chi connectivity index (χ1) is 6.27. The maximum absolute atomic E-state index is 10.2. The van der Waals surface area contributed by atoms with E-state index >= 15 is 0 Å². The van der Waals surface area contributed by atoms with Gasteiger partial charge in [0.05, 0.1) is 6.61 Å². The molecule has 0 aromatic heterocycles. The van der Waals surface area contributed by atoms with Crippen LogP contribution >= 0.6 is 0 Å². The van der Waals surface area contributed by atoms with Gasteiger partial charge in [-0.25, -0.2) is 4.79 Å². The van der Waals surface area contributed by atoms with Crippen LogP contribution in [0.25, 0.3) is 0 Å². The molecule has 1 amide bonds. The second-order valence-corrected chi connectivity index (χ2v) is 3.08. The van der Waals surface area contributed by atoms with Gasteiger partial charge < -0.3 is 16.2 Å². The standard InChI is InChI=1S/C9H20N2O2/c10-7-5-3-1-2-4-6-8-13-9(11)12/h1-8,10H2,(H2,11,12). The van der Waals surface area contributed by atoms with Gasteiger partial charge in [-0.05, 0) is 19.4 Å². The van der Waals surface area contributed by atoms with E-state index in [9.17, 15) is 4.79 Å². The number of unbranched alkanes of at least 4 members (excludes halogenated alkanes) is 5. The number of nitrogens with two attached hydrogens (primary N) is 2. The Hall–Kier alpha value is -0.770. The Kier molecular flexibility index (Phi) is 8.77. The van der Waals surface area contributed by atoms with Gasteiger partial charge in [0.1, 0.15) is 0 Å². The zero-order valence-corrected chi connectivity index (χ0v) is 8.13. The van der Waals surface area contributed by atoms with Gasteiger partial charge in [-0.15, -0.1) is 0 Å². The van der Waals surface area contributed by atoms with Gasteiger partial charge in [-0.2, -0.15) is 0 Å². The fraction of sp³-hybridized carbons (Fsp3) is 0.889.